The van der Waals surface area contributed by atoms with E-state index in [1.165, 1.54) is 0 Å². The molecule has 1 saturated heterocycles. The van der Waals surface area contributed by atoms with Crippen LogP contribution in [0.2, 0.25) is 5.02 Å². The maximum absolute atomic E-state index is 6.06. The first-order valence-electron chi connectivity index (χ1n) is 6.51. The van der Waals surface area contributed by atoms with Gasteiger partial charge in [0, 0.05) is 26.7 Å². The maximum Gasteiger partial charge on any atom is 0.224 e. The number of aromatic nitrogens is 2. The number of nitrogens with one attached hydrogen (secondary N) is 2. The second-order valence-corrected chi connectivity index (χ2v) is 4.81. The number of likely N-dealkylation sites (N-methyl/N-ethyl adjacent to an activating group) is 1. The molecule has 0 bridgehead atoms. The van der Waals surface area contributed by atoms with E-state index in [-0.39, 0.29) is 6.10 Å². The Morgan fingerprint density at radius 1 is 1.58 bits per heavy atom. The van der Waals surface area contributed by atoms with Gasteiger partial charge < -0.3 is 15.4 Å². The van der Waals surface area contributed by atoms with Crippen LogP contribution < -0.4 is 10.6 Å². The second kappa shape index (κ2) is 6.88. The molecule has 0 radical (unpaired) electrons. The summed E-state index contributed by atoms with van der Waals surface area (Å²) in [6, 6.07) is 0. The second-order valence-electron chi connectivity index (χ2n) is 4.41. The minimum absolute atomic E-state index is 0.165. The molecule has 1 atom stereocenters. The SMILES string of the molecule is CCN1CCOC(CNc2nc(NC)ncc2Cl)C1. The van der Waals surface area contributed by atoms with Crippen LogP contribution in [0.1, 0.15) is 6.92 Å². The lowest BCUT2D eigenvalue weighted by molar-refractivity contribution is -0.0192. The minimum atomic E-state index is 0.165. The number of anilines is 2. The van der Waals surface area contributed by atoms with Crippen LogP contribution in [0.5, 0.6) is 0 Å². The van der Waals surface area contributed by atoms with E-state index in [1.54, 1.807) is 13.2 Å². The van der Waals surface area contributed by atoms with Crippen LogP contribution in [0.4, 0.5) is 11.8 Å². The van der Waals surface area contributed by atoms with Crippen molar-refractivity contribution in [3.63, 3.8) is 0 Å². The van der Waals surface area contributed by atoms with Crippen molar-refractivity contribution < 1.29 is 4.74 Å². The number of hydrogen-bond donors (Lipinski definition) is 2. The molecule has 106 valence electrons. The standard InChI is InChI=1S/C12H20ClN5O/c1-3-18-4-5-19-9(8-18)6-15-11-10(13)7-16-12(14-2)17-11/h7,9H,3-6,8H2,1-2H3,(H2,14,15,16,17). The van der Waals surface area contributed by atoms with Gasteiger partial charge >= 0.3 is 0 Å². The van der Waals surface area contributed by atoms with E-state index in [2.05, 4.69) is 32.4 Å². The maximum atomic E-state index is 6.06. The Morgan fingerprint density at radius 3 is 3.16 bits per heavy atom. The molecule has 1 aliphatic heterocycles. The molecule has 0 aromatic carbocycles. The molecule has 1 fully saturated rings. The average Bonchev–Trinajstić information content (AvgIpc) is 2.46. The van der Waals surface area contributed by atoms with Gasteiger partial charge in [0.2, 0.25) is 5.95 Å². The Morgan fingerprint density at radius 2 is 2.42 bits per heavy atom. The third-order valence-corrected chi connectivity index (χ3v) is 3.41. The normalized spacial score (nSPS) is 20.3. The van der Waals surface area contributed by atoms with Crippen molar-refractivity contribution in [2.45, 2.75) is 13.0 Å². The molecule has 0 amide bonds. The number of hydrogen-bond acceptors (Lipinski definition) is 6. The quantitative estimate of drug-likeness (QED) is 0.850. The molecule has 0 spiro atoms. The summed E-state index contributed by atoms with van der Waals surface area (Å²) in [6.07, 6.45) is 1.75. The molecule has 0 aliphatic carbocycles. The highest BCUT2D eigenvalue weighted by atomic mass is 35.5. The van der Waals surface area contributed by atoms with Gasteiger partial charge in [-0.2, -0.15) is 4.98 Å². The molecule has 7 heteroatoms. The number of rotatable bonds is 5. The van der Waals surface area contributed by atoms with E-state index < -0.39 is 0 Å². The van der Waals surface area contributed by atoms with Gasteiger partial charge in [-0.05, 0) is 6.54 Å². The van der Waals surface area contributed by atoms with E-state index in [4.69, 9.17) is 16.3 Å². The first kappa shape index (κ1) is 14.3. The summed E-state index contributed by atoms with van der Waals surface area (Å²) < 4.78 is 5.72. The number of morpholine rings is 1. The first-order valence-corrected chi connectivity index (χ1v) is 6.88. The fraction of sp³-hybridized carbons (Fsp3) is 0.667. The third-order valence-electron chi connectivity index (χ3n) is 3.14. The van der Waals surface area contributed by atoms with Crippen LogP contribution in [0.3, 0.4) is 0 Å². The summed E-state index contributed by atoms with van der Waals surface area (Å²) >= 11 is 6.06. The van der Waals surface area contributed by atoms with Gasteiger partial charge in [-0.15, -0.1) is 0 Å². The van der Waals surface area contributed by atoms with Crippen molar-refractivity contribution in [3.05, 3.63) is 11.2 Å². The Labute approximate surface area is 118 Å². The van der Waals surface area contributed by atoms with E-state index >= 15 is 0 Å². The largest absolute Gasteiger partial charge is 0.374 e. The fourth-order valence-corrected chi connectivity index (χ4v) is 2.17. The molecule has 1 unspecified atom stereocenters. The van der Waals surface area contributed by atoms with Crippen molar-refractivity contribution in [1.82, 2.24) is 14.9 Å². The highest BCUT2D eigenvalue weighted by Crippen LogP contribution is 2.19. The van der Waals surface area contributed by atoms with E-state index in [0.29, 0.717) is 23.3 Å². The molecule has 19 heavy (non-hydrogen) atoms. The van der Waals surface area contributed by atoms with E-state index in [0.717, 1.165) is 26.2 Å². The zero-order chi connectivity index (χ0) is 13.7. The molecule has 6 nitrogen and oxygen atoms in total. The molecule has 2 N–H and O–H groups in total. The molecular formula is C12H20ClN5O. The lowest BCUT2D eigenvalue weighted by atomic mass is 10.2. The summed E-state index contributed by atoms with van der Waals surface area (Å²) in [4.78, 5) is 10.7. The summed E-state index contributed by atoms with van der Waals surface area (Å²) in [7, 11) is 1.77. The van der Waals surface area contributed by atoms with Crippen LogP contribution in [-0.2, 0) is 4.74 Å². The molecular weight excluding hydrogens is 266 g/mol. The molecule has 1 aliphatic rings. The zero-order valence-corrected chi connectivity index (χ0v) is 12.1. The highest BCUT2D eigenvalue weighted by Gasteiger charge is 2.19. The fourth-order valence-electron chi connectivity index (χ4n) is 2.01. The molecule has 1 aromatic rings. The minimum Gasteiger partial charge on any atom is -0.374 e. The predicted octanol–water partition coefficient (Wildman–Crippen LogP) is 1.30. The van der Waals surface area contributed by atoms with Crippen molar-refractivity contribution >= 4 is 23.4 Å². The molecule has 1 aromatic heterocycles. The predicted molar refractivity (Wildman–Crippen MR) is 76.9 cm³/mol. The van der Waals surface area contributed by atoms with Gasteiger partial charge in [0.15, 0.2) is 5.82 Å². The van der Waals surface area contributed by atoms with Gasteiger partial charge in [0.05, 0.1) is 18.9 Å². The molecule has 2 heterocycles. The van der Waals surface area contributed by atoms with Gasteiger partial charge in [0.25, 0.3) is 0 Å². The number of nitrogens with zero attached hydrogens (tertiary/aromatic N) is 3. The van der Waals surface area contributed by atoms with Gasteiger partial charge in [-0.25, -0.2) is 4.98 Å². The van der Waals surface area contributed by atoms with Crippen molar-refractivity contribution in [1.29, 1.82) is 0 Å². The first-order chi connectivity index (χ1) is 9.22. The lowest BCUT2D eigenvalue weighted by Crippen LogP contribution is -2.45. The topological polar surface area (TPSA) is 62.3 Å². The van der Waals surface area contributed by atoms with Gasteiger partial charge in [0.1, 0.15) is 5.02 Å². The highest BCUT2D eigenvalue weighted by molar-refractivity contribution is 6.32. The Hall–Kier alpha value is -1.11. The van der Waals surface area contributed by atoms with E-state index in [9.17, 15) is 0 Å². The summed E-state index contributed by atoms with van der Waals surface area (Å²) in [5.74, 6) is 1.19. The monoisotopic (exact) mass is 285 g/mol. The number of halogens is 1. The van der Waals surface area contributed by atoms with Crippen molar-refractivity contribution in [2.75, 3.05) is 50.5 Å². The summed E-state index contributed by atoms with van der Waals surface area (Å²) in [6.45, 7) is 6.63. The van der Waals surface area contributed by atoms with E-state index in [1.807, 2.05) is 0 Å². The average molecular weight is 286 g/mol. The van der Waals surface area contributed by atoms with Crippen molar-refractivity contribution in [2.24, 2.45) is 0 Å². The summed E-state index contributed by atoms with van der Waals surface area (Å²) in [5, 5.41) is 6.63. The molecule has 0 saturated carbocycles. The molecule has 2 rings (SSSR count). The van der Waals surface area contributed by atoms with Crippen molar-refractivity contribution in [3.8, 4) is 0 Å². The Balaban J connectivity index is 1.91. The third kappa shape index (κ3) is 3.92. The Kier molecular flexibility index (Phi) is 5.18. The Bertz CT molecular complexity index is 417. The smallest absolute Gasteiger partial charge is 0.224 e. The van der Waals surface area contributed by atoms with Crippen LogP contribution >= 0.6 is 11.6 Å². The van der Waals surface area contributed by atoms with Gasteiger partial charge in [-0.1, -0.05) is 18.5 Å². The van der Waals surface area contributed by atoms with Gasteiger partial charge in [-0.3, -0.25) is 4.90 Å². The number of ether oxygens (including phenoxy) is 1. The van der Waals surface area contributed by atoms with Crippen LogP contribution in [0.25, 0.3) is 0 Å². The zero-order valence-electron chi connectivity index (χ0n) is 11.3. The van der Waals surface area contributed by atoms with Crippen LogP contribution in [0.15, 0.2) is 6.20 Å². The lowest BCUT2D eigenvalue weighted by Gasteiger charge is -2.32. The van der Waals surface area contributed by atoms with Crippen LogP contribution in [0, 0.1) is 0 Å². The van der Waals surface area contributed by atoms with Crippen LogP contribution in [-0.4, -0.2) is 60.8 Å². The summed E-state index contributed by atoms with van der Waals surface area (Å²) in [5.41, 5.74) is 0.